The Morgan fingerprint density at radius 1 is 1.30 bits per heavy atom. The van der Waals surface area contributed by atoms with Crippen molar-refractivity contribution in [1.29, 1.82) is 0 Å². The second kappa shape index (κ2) is 5.78. The highest BCUT2D eigenvalue weighted by Crippen LogP contribution is 2.18. The number of aromatic nitrogens is 1. The fourth-order valence-corrected chi connectivity index (χ4v) is 3.32. The molecule has 0 saturated heterocycles. The van der Waals surface area contributed by atoms with Crippen LogP contribution in [0, 0.1) is 0 Å². The predicted octanol–water partition coefficient (Wildman–Crippen LogP) is 1.56. The number of rotatable bonds is 5. The summed E-state index contributed by atoms with van der Waals surface area (Å²) < 4.78 is 28.8. The first-order valence-electron chi connectivity index (χ1n) is 6.27. The number of nitrogens with zero attached hydrogens (tertiary/aromatic N) is 1. The third-order valence-electron chi connectivity index (χ3n) is 3.19. The van der Waals surface area contributed by atoms with Crippen LogP contribution in [0.3, 0.4) is 0 Å². The van der Waals surface area contributed by atoms with E-state index in [1.807, 2.05) is 30.3 Å². The van der Waals surface area contributed by atoms with Gasteiger partial charge in [0.15, 0.2) is 0 Å². The fraction of sp³-hybridized carbons (Fsp3) is 0.286. The molecular weight excluding hydrogens is 276 g/mol. The van der Waals surface area contributed by atoms with Crippen LogP contribution in [0.4, 0.5) is 0 Å². The first-order valence-corrected chi connectivity index (χ1v) is 7.75. The number of aliphatic hydroxyl groups excluding tert-OH is 1. The molecule has 2 N–H and O–H groups in total. The molecule has 0 bridgehead atoms. The Kier molecular flexibility index (Phi) is 4.27. The van der Waals surface area contributed by atoms with E-state index in [0.29, 0.717) is 5.69 Å². The van der Waals surface area contributed by atoms with Crippen LogP contribution in [0.15, 0.2) is 47.5 Å². The summed E-state index contributed by atoms with van der Waals surface area (Å²) in [5.41, 5.74) is 1.45. The lowest BCUT2D eigenvalue weighted by Crippen LogP contribution is -2.26. The lowest BCUT2D eigenvalue weighted by molar-refractivity contribution is 0.272. The molecular formula is C14H18N2O3S. The summed E-state index contributed by atoms with van der Waals surface area (Å²) >= 11 is 0. The average molecular weight is 294 g/mol. The molecule has 108 valence electrons. The summed E-state index contributed by atoms with van der Waals surface area (Å²) in [6.45, 7) is 1.60. The van der Waals surface area contributed by atoms with Crippen molar-refractivity contribution in [3.05, 3.63) is 53.9 Å². The third kappa shape index (κ3) is 3.09. The molecule has 1 unspecified atom stereocenters. The van der Waals surface area contributed by atoms with Crippen molar-refractivity contribution >= 4 is 10.0 Å². The molecule has 0 aliphatic carbocycles. The van der Waals surface area contributed by atoms with Gasteiger partial charge in [-0.15, -0.1) is 0 Å². The van der Waals surface area contributed by atoms with Crippen LogP contribution in [0.5, 0.6) is 0 Å². The molecule has 0 saturated carbocycles. The smallest absolute Gasteiger partial charge is 0.242 e. The van der Waals surface area contributed by atoms with Gasteiger partial charge in [-0.25, -0.2) is 13.1 Å². The maximum atomic E-state index is 12.3. The Labute approximate surface area is 118 Å². The quantitative estimate of drug-likeness (QED) is 0.879. The summed E-state index contributed by atoms with van der Waals surface area (Å²) in [6, 6.07) is 10.5. The van der Waals surface area contributed by atoms with Crippen molar-refractivity contribution in [1.82, 2.24) is 9.29 Å². The minimum Gasteiger partial charge on any atom is -0.390 e. The van der Waals surface area contributed by atoms with Crippen molar-refractivity contribution in [2.45, 2.75) is 24.5 Å². The van der Waals surface area contributed by atoms with Crippen molar-refractivity contribution < 1.29 is 13.5 Å². The molecule has 2 aromatic rings. The van der Waals surface area contributed by atoms with Crippen LogP contribution in [0.2, 0.25) is 0 Å². The first-order chi connectivity index (χ1) is 9.44. The third-order valence-corrected chi connectivity index (χ3v) is 4.69. The summed E-state index contributed by atoms with van der Waals surface area (Å²) in [4.78, 5) is 0.159. The lowest BCUT2D eigenvalue weighted by Gasteiger charge is -2.13. The maximum absolute atomic E-state index is 12.3. The van der Waals surface area contributed by atoms with Crippen LogP contribution in [0.25, 0.3) is 0 Å². The van der Waals surface area contributed by atoms with Gasteiger partial charge in [0, 0.05) is 25.0 Å². The highest BCUT2D eigenvalue weighted by molar-refractivity contribution is 7.89. The molecule has 6 heteroatoms. The Morgan fingerprint density at radius 3 is 2.50 bits per heavy atom. The molecule has 0 fully saturated rings. The standard InChI is InChI=1S/C14H18N2O3S/c1-11(12-6-4-3-5-7-12)15-20(18,19)14-8-13(10-17)16(2)9-14/h3-9,11,15,17H,10H2,1-2H3. The number of hydrogen-bond donors (Lipinski definition) is 2. The Morgan fingerprint density at radius 2 is 1.95 bits per heavy atom. The van der Waals surface area contributed by atoms with E-state index < -0.39 is 10.0 Å². The number of aliphatic hydroxyl groups is 1. The predicted molar refractivity (Wildman–Crippen MR) is 76.5 cm³/mol. The molecule has 1 aromatic carbocycles. The van der Waals surface area contributed by atoms with Crippen molar-refractivity contribution in [3.8, 4) is 0 Å². The zero-order chi connectivity index (χ0) is 14.8. The number of aryl methyl sites for hydroxylation is 1. The zero-order valence-corrected chi connectivity index (χ0v) is 12.3. The van der Waals surface area contributed by atoms with E-state index >= 15 is 0 Å². The number of nitrogens with one attached hydrogen (secondary N) is 1. The Bertz CT molecular complexity index is 678. The maximum Gasteiger partial charge on any atom is 0.242 e. The van der Waals surface area contributed by atoms with Gasteiger partial charge in [-0.3, -0.25) is 0 Å². The van der Waals surface area contributed by atoms with Gasteiger partial charge in [0.05, 0.1) is 11.5 Å². The van der Waals surface area contributed by atoms with Crippen LogP contribution in [0.1, 0.15) is 24.2 Å². The molecule has 0 amide bonds. The van der Waals surface area contributed by atoms with Gasteiger partial charge in [0.2, 0.25) is 10.0 Å². The Hall–Kier alpha value is -1.63. The van der Waals surface area contributed by atoms with Crippen LogP contribution >= 0.6 is 0 Å². The average Bonchev–Trinajstić information content (AvgIpc) is 2.81. The molecule has 0 spiro atoms. The fourth-order valence-electron chi connectivity index (χ4n) is 1.99. The highest BCUT2D eigenvalue weighted by Gasteiger charge is 2.20. The second-order valence-electron chi connectivity index (χ2n) is 4.69. The lowest BCUT2D eigenvalue weighted by atomic mass is 10.1. The van der Waals surface area contributed by atoms with Gasteiger partial charge < -0.3 is 9.67 Å². The van der Waals surface area contributed by atoms with Crippen LogP contribution in [-0.2, 0) is 23.7 Å². The van der Waals surface area contributed by atoms with Gasteiger partial charge in [-0.1, -0.05) is 30.3 Å². The van der Waals surface area contributed by atoms with Gasteiger partial charge in [0.1, 0.15) is 0 Å². The molecule has 1 heterocycles. The molecule has 1 aromatic heterocycles. The SMILES string of the molecule is CC(NS(=O)(=O)c1cc(CO)n(C)c1)c1ccccc1. The van der Waals surface area contributed by atoms with Gasteiger partial charge in [0.25, 0.3) is 0 Å². The summed E-state index contributed by atoms with van der Waals surface area (Å²) in [6.07, 6.45) is 1.49. The number of hydrogen-bond acceptors (Lipinski definition) is 3. The normalized spacial score (nSPS) is 13.3. The molecule has 5 nitrogen and oxygen atoms in total. The van der Waals surface area contributed by atoms with Crippen molar-refractivity contribution in [3.63, 3.8) is 0 Å². The molecule has 0 aliphatic heterocycles. The summed E-state index contributed by atoms with van der Waals surface area (Å²) in [5.74, 6) is 0. The summed E-state index contributed by atoms with van der Waals surface area (Å²) in [7, 11) is -1.90. The van der Waals surface area contributed by atoms with E-state index in [1.54, 1.807) is 18.5 Å². The van der Waals surface area contributed by atoms with E-state index in [1.165, 1.54) is 12.3 Å². The molecule has 0 radical (unpaired) electrons. The van der Waals surface area contributed by atoms with Gasteiger partial charge in [-0.2, -0.15) is 0 Å². The zero-order valence-electron chi connectivity index (χ0n) is 11.4. The Balaban J connectivity index is 2.23. The topological polar surface area (TPSA) is 71.3 Å². The minimum atomic E-state index is -3.60. The molecule has 20 heavy (non-hydrogen) atoms. The van der Waals surface area contributed by atoms with E-state index in [9.17, 15) is 8.42 Å². The van der Waals surface area contributed by atoms with Crippen LogP contribution < -0.4 is 4.72 Å². The van der Waals surface area contributed by atoms with E-state index in [2.05, 4.69) is 4.72 Å². The highest BCUT2D eigenvalue weighted by atomic mass is 32.2. The van der Waals surface area contributed by atoms with E-state index in [-0.39, 0.29) is 17.5 Å². The first kappa shape index (κ1) is 14.8. The molecule has 1 atom stereocenters. The molecule has 2 rings (SSSR count). The van der Waals surface area contributed by atoms with Gasteiger partial charge >= 0.3 is 0 Å². The largest absolute Gasteiger partial charge is 0.390 e. The van der Waals surface area contributed by atoms with E-state index in [0.717, 1.165) is 5.56 Å². The van der Waals surface area contributed by atoms with E-state index in [4.69, 9.17) is 5.11 Å². The minimum absolute atomic E-state index is 0.159. The summed E-state index contributed by atoms with van der Waals surface area (Å²) in [5, 5.41) is 9.12. The second-order valence-corrected chi connectivity index (χ2v) is 6.40. The van der Waals surface area contributed by atoms with Crippen molar-refractivity contribution in [2.75, 3.05) is 0 Å². The molecule has 0 aliphatic rings. The number of benzene rings is 1. The van der Waals surface area contributed by atoms with Crippen molar-refractivity contribution in [2.24, 2.45) is 7.05 Å². The number of sulfonamides is 1. The monoisotopic (exact) mass is 294 g/mol. The van der Waals surface area contributed by atoms with Crippen LogP contribution in [-0.4, -0.2) is 18.1 Å². The van der Waals surface area contributed by atoms with Gasteiger partial charge in [-0.05, 0) is 18.6 Å².